The van der Waals surface area contributed by atoms with Crippen LogP contribution in [0.2, 0.25) is 0 Å². The van der Waals surface area contributed by atoms with Crippen molar-refractivity contribution in [3.8, 4) is 56.4 Å². The molecule has 0 atom stereocenters. The van der Waals surface area contributed by atoms with Crippen molar-refractivity contribution in [2.24, 2.45) is 0 Å². The third-order valence-corrected chi connectivity index (χ3v) is 11.9. The van der Waals surface area contributed by atoms with Crippen LogP contribution in [0.5, 0.6) is 0 Å². The first kappa shape index (κ1) is 33.9. The van der Waals surface area contributed by atoms with E-state index in [1.165, 1.54) is 44.5 Å². The highest BCUT2D eigenvalue weighted by Gasteiger charge is 2.47. The topological polar surface area (TPSA) is 51.8 Å². The lowest BCUT2D eigenvalue weighted by Gasteiger charge is -2.36. The first-order chi connectivity index (χ1) is 28.6. The van der Waals surface area contributed by atoms with Gasteiger partial charge in [0.15, 0.2) is 17.5 Å². The molecule has 0 N–H and O–H groups in total. The SMILES string of the molecule is Cc1ccccc1C1(c2ccccc2C)c2ccccc2-c2ccc(-c3ccc4oc5ccc(-c6nc(-c7ccccc7)nc(-c7ccccc7)n6)cc5c4c3)cc21. The van der Waals surface area contributed by atoms with Gasteiger partial charge in [0.1, 0.15) is 11.2 Å². The summed E-state index contributed by atoms with van der Waals surface area (Å²) in [5.74, 6) is 1.88. The summed E-state index contributed by atoms with van der Waals surface area (Å²) in [4.78, 5) is 14.9. The Labute approximate surface area is 337 Å². The smallest absolute Gasteiger partial charge is 0.164 e. The van der Waals surface area contributed by atoms with Gasteiger partial charge in [0, 0.05) is 27.5 Å². The summed E-state index contributed by atoms with van der Waals surface area (Å²) >= 11 is 0. The van der Waals surface area contributed by atoms with Gasteiger partial charge in [0.05, 0.1) is 5.41 Å². The Kier molecular flexibility index (Phi) is 7.80. The van der Waals surface area contributed by atoms with Crippen LogP contribution in [0.1, 0.15) is 33.4 Å². The Hall–Kier alpha value is -7.43. The molecular formula is C54H37N3O. The van der Waals surface area contributed by atoms with E-state index in [1.54, 1.807) is 0 Å². The maximum absolute atomic E-state index is 6.46. The van der Waals surface area contributed by atoms with E-state index in [-0.39, 0.29) is 0 Å². The maximum Gasteiger partial charge on any atom is 0.164 e. The number of aryl methyl sites for hydroxylation is 2. The number of nitrogens with zero attached hydrogens (tertiary/aromatic N) is 3. The third-order valence-electron chi connectivity index (χ3n) is 11.9. The summed E-state index contributed by atoms with van der Waals surface area (Å²) in [5.41, 5.74) is 16.5. The van der Waals surface area contributed by atoms with Gasteiger partial charge in [-0.05, 0) is 106 Å². The largest absolute Gasteiger partial charge is 0.456 e. The number of fused-ring (bicyclic) bond motifs is 6. The monoisotopic (exact) mass is 743 g/mol. The molecule has 0 unspecified atom stereocenters. The third kappa shape index (κ3) is 5.26. The van der Waals surface area contributed by atoms with Crippen LogP contribution in [-0.4, -0.2) is 15.0 Å². The van der Waals surface area contributed by atoms with Crippen molar-refractivity contribution in [2.75, 3.05) is 0 Å². The van der Waals surface area contributed by atoms with Crippen LogP contribution in [0.4, 0.5) is 0 Å². The summed E-state index contributed by atoms with van der Waals surface area (Å²) in [6, 6.07) is 66.7. The number of benzene rings is 8. The van der Waals surface area contributed by atoms with Crippen LogP contribution >= 0.6 is 0 Å². The molecule has 4 nitrogen and oxygen atoms in total. The molecule has 0 fully saturated rings. The normalized spacial score (nSPS) is 12.8. The minimum atomic E-state index is -0.484. The number of aromatic nitrogens is 3. The maximum atomic E-state index is 6.46. The molecule has 0 bridgehead atoms. The molecule has 0 saturated carbocycles. The number of hydrogen-bond acceptors (Lipinski definition) is 4. The van der Waals surface area contributed by atoms with Crippen molar-refractivity contribution in [1.82, 2.24) is 15.0 Å². The van der Waals surface area contributed by atoms with Crippen LogP contribution in [0.15, 0.2) is 192 Å². The predicted octanol–water partition coefficient (Wildman–Crippen LogP) is 13.4. The highest BCUT2D eigenvalue weighted by Crippen LogP contribution is 2.58. The minimum Gasteiger partial charge on any atom is -0.456 e. The summed E-state index contributed by atoms with van der Waals surface area (Å²) in [7, 11) is 0. The average molecular weight is 744 g/mol. The Morgan fingerprint density at radius 1 is 0.345 bits per heavy atom. The van der Waals surface area contributed by atoms with E-state index in [1.807, 2.05) is 72.8 Å². The summed E-state index contributed by atoms with van der Waals surface area (Å²) in [6.45, 7) is 4.49. The molecule has 0 amide bonds. The molecule has 0 spiro atoms. The van der Waals surface area contributed by atoms with E-state index < -0.39 is 5.41 Å². The fourth-order valence-corrected chi connectivity index (χ4v) is 9.21. The zero-order chi connectivity index (χ0) is 38.8. The quantitative estimate of drug-likeness (QED) is 0.170. The first-order valence-electron chi connectivity index (χ1n) is 19.8. The number of rotatable bonds is 6. The molecule has 0 saturated heterocycles. The molecule has 10 aromatic rings. The van der Waals surface area contributed by atoms with Crippen LogP contribution in [0, 0.1) is 13.8 Å². The van der Waals surface area contributed by atoms with E-state index in [0.29, 0.717) is 17.5 Å². The van der Waals surface area contributed by atoms with Gasteiger partial charge >= 0.3 is 0 Å². The molecular weight excluding hydrogens is 707 g/mol. The Balaban J connectivity index is 1.09. The second-order valence-electron chi connectivity index (χ2n) is 15.2. The van der Waals surface area contributed by atoms with Crippen LogP contribution in [0.3, 0.4) is 0 Å². The van der Waals surface area contributed by atoms with Crippen molar-refractivity contribution in [3.63, 3.8) is 0 Å². The average Bonchev–Trinajstić information content (AvgIpc) is 3.80. The van der Waals surface area contributed by atoms with Crippen LogP contribution in [-0.2, 0) is 5.41 Å². The van der Waals surface area contributed by atoms with E-state index in [4.69, 9.17) is 19.4 Å². The van der Waals surface area contributed by atoms with Gasteiger partial charge in [-0.15, -0.1) is 0 Å². The molecule has 8 aromatic carbocycles. The van der Waals surface area contributed by atoms with Crippen LogP contribution in [0.25, 0.3) is 78.4 Å². The molecule has 2 heterocycles. The second kappa shape index (κ2) is 13.4. The summed E-state index contributed by atoms with van der Waals surface area (Å²) < 4.78 is 6.46. The van der Waals surface area contributed by atoms with Crippen molar-refractivity contribution in [3.05, 3.63) is 221 Å². The molecule has 1 aliphatic carbocycles. The molecule has 4 heteroatoms. The van der Waals surface area contributed by atoms with Crippen molar-refractivity contribution in [2.45, 2.75) is 19.3 Å². The Morgan fingerprint density at radius 3 is 1.36 bits per heavy atom. The van der Waals surface area contributed by atoms with Gasteiger partial charge in [0.25, 0.3) is 0 Å². The van der Waals surface area contributed by atoms with Gasteiger partial charge in [-0.25, -0.2) is 15.0 Å². The molecule has 0 radical (unpaired) electrons. The summed E-state index contributed by atoms with van der Waals surface area (Å²) in [6.07, 6.45) is 0. The molecule has 274 valence electrons. The molecule has 0 aliphatic heterocycles. The Bertz CT molecular complexity index is 3100. The standard InChI is InChI=1S/C54H37N3O/c1-34-15-9-12-22-45(34)54(46-23-13-10-16-35(46)2)47-24-14-11-21-41(47)42-28-25-39(33-48(42)54)38-26-29-49-43(31-38)44-32-40(27-30-50(44)58-49)53-56-51(36-17-5-3-6-18-36)55-52(57-53)37-19-7-4-8-20-37/h3-33H,1-2H3. The van der Waals surface area contributed by atoms with Crippen LogP contribution < -0.4 is 0 Å². The molecule has 1 aliphatic rings. The predicted molar refractivity (Wildman–Crippen MR) is 236 cm³/mol. The highest BCUT2D eigenvalue weighted by molar-refractivity contribution is 6.07. The fourth-order valence-electron chi connectivity index (χ4n) is 9.21. The zero-order valence-electron chi connectivity index (χ0n) is 32.1. The molecule has 58 heavy (non-hydrogen) atoms. The second-order valence-corrected chi connectivity index (χ2v) is 15.2. The first-order valence-corrected chi connectivity index (χ1v) is 19.8. The molecule has 11 rings (SSSR count). The van der Waals surface area contributed by atoms with Gasteiger partial charge in [-0.1, -0.05) is 152 Å². The van der Waals surface area contributed by atoms with E-state index in [2.05, 4.69) is 129 Å². The van der Waals surface area contributed by atoms with E-state index in [0.717, 1.165) is 49.8 Å². The number of hydrogen-bond donors (Lipinski definition) is 0. The lowest BCUT2D eigenvalue weighted by Crippen LogP contribution is -2.30. The molecule has 2 aromatic heterocycles. The van der Waals surface area contributed by atoms with E-state index >= 15 is 0 Å². The lowest BCUT2D eigenvalue weighted by molar-refractivity contribution is 0.669. The summed E-state index contributed by atoms with van der Waals surface area (Å²) in [5, 5.41) is 2.06. The van der Waals surface area contributed by atoms with Gasteiger partial charge < -0.3 is 4.42 Å². The van der Waals surface area contributed by atoms with Crippen molar-refractivity contribution >= 4 is 21.9 Å². The van der Waals surface area contributed by atoms with Gasteiger partial charge in [-0.3, -0.25) is 0 Å². The Morgan fingerprint density at radius 2 is 0.776 bits per heavy atom. The van der Waals surface area contributed by atoms with Crippen molar-refractivity contribution < 1.29 is 4.42 Å². The minimum absolute atomic E-state index is 0.484. The van der Waals surface area contributed by atoms with E-state index in [9.17, 15) is 0 Å². The fraction of sp³-hybridized carbons (Fsp3) is 0.0556. The highest BCUT2D eigenvalue weighted by atomic mass is 16.3. The van der Waals surface area contributed by atoms with Crippen molar-refractivity contribution in [1.29, 1.82) is 0 Å². The van der Waals surface area contributed by atoms with Gasteiger partial charge in [-0.2, -0.15) is 0 Å². The zero-order valence-corrected chi connectivity index (χ0v) is 32.1. The number of furan rings is 1. The van der Waals surface area contributed by atoms with Gasteiger partial charge in [0.2, 0.25) is 0 Å². The lowest BCUT2D eigenvalue weighted by atomic mass is 9.65.